The van der Waals surface area contributed by atoms with E-state index in [-0.39, 0.29) is 11.8 Å². The first-order chi connectivity index (χ1) is 7.70. The highest BCUT2D eigenvalue weighted by Gasteiger charge is 2.29. The zero-order valence-electron chi connectivity index (χ0n) is 9.37. The van der Waals surface area contributed by atoms with Crippen LogP contribution in [0.3, 0.4) is 0 Å². The van der Waals surface area contributed by atoms with E-state index in [4.69, 9.17) is 0 Å². The first-order valence-electron chi connectivity index (χ1n) is 5.67. The van der Waals surface area contributed by atoms with Crippen LogP contribution in [0, 0.1) is 5.92 Å². The number of hydrogen-bond acceptors (Lipinski definition) is 1. The highest BCUT2D eigenvalue weighted by atomic mass is 79.9. The molecule has 1 aromatic rings. The van der Waals surface area contributed by atoms with Crippen molar-refractivity contribution in [3.05, 3.63) is 29.8 Å². The number of anilines is 1. The van der Waals surface area contributed by atoms with Crippen LogP contribution >= 0.6 is 15.9 Å². The maximum atomic E-state index is 11.5. The van der Waals surface area contributed by atoms with Crippen molar-refractivity contribution in [3.63, 3.8) is 0 Å². The summed E-state index contributed by atoms with van der Waals surface area (Å²) in [5.74, 6) is 0.940. The topological polar surface area (TPSA) is 29.1 Å². The van der Waals surface area contributed by atoms with Crippen LogP contribution in [0.15, 0.2) is 24.3 Å². The maximum absolute atomic E-state index is 11.5. The molecule has 1 atom stereocenters. The largest absolute Gasteiger partial charge is 0.326 e. The Hall–Kier alpha value is -0.830. The van der Waals surface area contributed by atoms with Gasteiger partial charge in [0.2, 0.25) is 5.91 Å². The molecule has 1 unspecified atom stereocenters. The molecule has 86 valence electrons. The molecule has 0 bridgehead atoms. The molecule has 0 radical (unpaired) electrons. The summed E-state index contributed by atoms with van der Waals surface area (Å²) in [5, 5.41) is 3.90. The molecule has 1 aliphatic carbocycles. The van der Waals surface area contributed by atoms with Gasteiger partial charge < -0.3 is 5.32 Å². The number of amides is 1. The van der Waals surface area contributed by atoms with E-state index in [1.807, 2.05) is 12.1 Å². The van der Waals surface area contributed by atoms with Crippen LogP contribution in [0.4, 0.5) is 5.69 Å². The van der Waals surface area contributed by atoms with E-state index >= 15 is 0 Å². The van der Waals surface area contributed by atoms with Gasteiger partial charge in [0.25, 0.3) is 0 Å². The molecule has 0 spiro atoms. The lowest BCUT2D eigenvalue weighted by molar-refractivity contribution is -0.117. The zero-order valence-corrected chi connectivity index (χ0v) is 11.0. The molecule has 16 heavy (non-hydrogen) atoms. The molecule has 1 amide bonds. The normalized spacial score (nSPS) is 16.9. The number of hydrogen-bond donors (Lipinski definition) is 1. The predicted molar refractivity (Wildman–Crippen MR) is 70.0 cm³/mol. The third kappa shape index (κ3) is 2.85. The molecule has 1 aliphatic rings. The number of nitrogens with one attached hydrogen (secondary N) is 1. The number of carbonyl (C=O) groups excluding carboxylic acids is 1. The lowest BCUT2D eigenvalue weighted by Gasteiger charge is -2.09. The SMILES string of the molecule is CC(CBr)c1ccc(NC(=O)C2CC2)cc1. The third-order valence-electron chi connectivity index (χ3n) is 2.93. The van der Waals surface area contributed by atoms with Crippen LogP contribution < -0.4 is 5.32 Å². The number of benzene rings is 1. The van der Waals surface area contributed by atoms with Gasteiger partial charge in [-0.3, -0.25) is 4.79 Å². The van der Waals surface area contributed by atoms with E-state index < -0.39 is 0 Å². The van der Waals surface area contributed by atoms with Gasteiger partial charge in [0.1, 0.15) is 0 Å². The molecule has 0 heterocycles. The summed E-state index contributed by atoms with van der Waals surface area (Å²) in [6.45, 7) is 2.17. The summed E-state index contributed by atoms with van der Waals surface area (Å²) < 4.78 is 0. The smallest absolute Gasteiger partial charge is 0.227 e. The minimum Gasteiger partial charge on any atom is -0.326 e. The molecule has 1 fully saturated rings. The molecule has 1 aromatic carbocycles. The Morgan fingerprint density at radius 2 is 2.06 bits per heavy atom. The van der Waals surface area contributed by atoms with Gasteiger partial charge in [-0.2, -0.15) is 0 Å². The lowest BCUT2D eigenvalue weighted by atomic mass is 10.0. The Balaban J connectivity index is 1.98. The van der Waals surface area contributed by atoms with Crippen molar-refractivity contribution < 1.29 is 4.79 Å². The van der Waals surface area contributed by atoms with Gasteiger partial charge in [-0.1, -0.05) is 35.0 Å². The van der Waals surface area contributed by atoms with Crippen molar-refractivity contribution in [2.75, 3.05) is 10.6 Å². The summed E-state index contributed by atoms with van der Waals surface area (Å²) in [6.07, 6.45) is 2.09. The molecule has 1 N–H and O–H groups in total. The molecular formula is C13H16BrNO. The molecular weight excluding hydrogens is 266 g/mol. The van der Waals surface area contributed by atoms with Crippen molar-refractivity contribution in [1.29, 1.82) is 0 Å². The molecule has 0 saturated heterocycles. The van der Waals surface area contributed by atoms with Crippen LogP contribution in [-0.2, 0) is 4.79 Å². The Bertz CT molecular complexity index is 370. The molecule has 3 heteroatoms. The van der Waals surface area contributed by atoms with E-state index in [1.54, 1.807) is 0 Å². The number of halogens is 1. The Labute approximate surface area is 105 Å². The van der Waals surface area contributed by atoms with Crippen molar-refractivity contribution in [1.82, 2.24) is 0 Å². The first kappa shape index (κ1) is 11.6. The van der Waals surface area contributed by atoms with Gasteiger partial charge >= 0.3 is 0 Å². The second-order valence-corrected chi connectivity index (χ2v) is 5.09. The number of rotatable bonds is 4. The fourth-order valence-corrected chi connectivity index (χ4v) is 1.95. The quantitative estimate of drug-likeness (QED) is 0.841. The fourth-order valence-electron chi connectivity index (χ4n) is 1.57. The first-order valence-corrected chi connectivity index (χ1v) is 6.79. The van der Waals surface area contributed by atoms with E-state index in [2.05, 4.69) is 40.3 Å². The minimum absolute atomic E-state index is 0.168. The van der Waals surface area contributed by atoms with Crippen molar-refractivity contribution in [3.8, 4) is 0 Å². The average molecular weight is 282 g/mol. The summed E-state index contributed by atoms with van der Waals surface area (Å²) in [4.78, 5) is 11.5. The van der Waals surface area contributed by atoms with Crippen molar-refractivity contribution >= 4 is 27.5 Å². The van der Waals surface area contributed by atoms with Crippen molar-refractivity contribution in [2.24, 2.45) is 5.92 Å². The summed E-state index contributed by atoms with van der Waals surface area (Å²) in [7, 11) is 0. The van der Waals surface area contributed by atoms with Gasteiger partial charge in [0.15, 0.2) is 0 Å². The van der Waals surface area contributed by atoms with Gasteiger partial charge in [-0.25, -0.2) is 0 Å². The van der Waals surface area contributed by atoms with Gasteiger partial charge in [-0.05, 0) is 36.5 Å². The molecule has 2 nitrogen and oxygen atoms in total. The Morgan fingerprint density at radius 1 is 1.44 bits per heavy atom. The van der Waals surface area contributed by atoms with Crippen LogP contribution in [0.25, 0.3) is 0 Å². The molecule has 2 rings (SSSR count). The van der Waals surface area contributed by atoms with Crippen LogP contribution in [-0.4, -0.2) is 11.2 Å². The summed E-state index contributed by atoms with van der Waals surface area (Å²) in [6, 6.07) is 8.12. The predicted octanol–water partition coefficient (Wildman–Crippen LogP) is 3.53. The lowest BCUT2D eigenvalue weighted by Crippen LogP contribution is -2.13. The van der Waals surface area contributed by atoms with E-state index in [0.29, 0.717) is 5.92 Å². The fraction of sp³-hybridized carbons (Fsp3) is 0.462. The van der Waals surface area contributed by atoms with Gasteiger partial charge in [0.05, 0.1) is 0 Å². The van der Waals surface area contributed by atoms with Gasteiger partial charge in [0, 0.05) is 16.9 Å². The second-order valence-electron chi connectivity index (χ2n) is 4.44. The summed E-state index contributed by atoms with van der Waals surface area (Å²) in [5.41, 5.74) is 2.20. The van der Waals surface area contributed by atoms with E-state index in [9.17, 15) is 4.79 Å². The molecule has 0 aromatic heterocycles. The third-order valence-corrected chi connectivity index (χ3v) is 3.90. The monoisotopic (exact) mass is 281 g/mol. The summed E-state index contributed by atoms with van der Waals surface area (Å²) >= 11 is 3.47. The highest BCUT2D eigenvalue weighted by Crippen LogP contribution is 2.30. The highest BCUT2D eigenvalue weighted by molar-refractivity contribution is 9.09. The standard InChI is InChI=1S/C13H16BrNO/c1-9(8-14)10-4-6-12(7-5-10)15-13(16)11-2-3-11/h4-7,9,11H,2-3,8H2,1H3,(H,15,16). The molecule has 1 saturated carbocycles. The second kappa shape index (κ2) is 5.00. The van der Waals surface area contributed by atoms with Crippen molar-refractivity contribution in [2.45, 2.75) is 25.7 Å². The van der Waals surface area contributed by atoms with Crippen LogP contribution in [0.2, 0.25) is 0 Å². The Morgan fingerprint density at radius 3 is 2.56 bits per heavy atom. The van der Waals surface area contributed by atoms with Crippen LogP contribution in [0.1, 0.15) is 31.2 Å². The van der Waals surface area contributed by atoms with E-state index in [0.717, 1.165) is 23.9 Å². The van der Waals surface area contributed by atoms with Gasteiger partial charge in [-0.15, -0.1) is 0 Å². The maximum Gasteiger partial charge on any atom is 0.227 e. The molecule has 0 aliphatic heterocycles. The minimum atomic E-state index is 0.168. The zero-order chi connectivity index (χ0) is 11.5. The number of carbonyl (C=O) groups is 1. The Kier molecular flexibility index (Phi) is 3.64. The van der Waals surface area contributed by atoms with Crippen LogP contribution in [0.5, 0.6) is 0 Å². The van der Waals surface area contributed by atoms with E-state index in [1.165, 1.54) is 5.56 Å². The average Bonchev–Trinajstić information content (AvgIpc) is 3.13. The number of alkyl halides is 1.